The number of pyridine rings is 1. The highest BCUT2D eigenvalue weighted by molar-refractivity contribution is 5.34. The highest BCUT2D eigenvalue weighted by Gasteiger charge is 1.98. The summed E-state index contributed by atoms with van der Waals surface area (Å²) in [5, 5.41) is 17.2. The summed E-state index contributed by atoms with van der Waals surface area (Å²) in [5.74, 6) is 0. The number of rotatable bonds is 2. The Balaban J connectivity index is 2.95. The van der Waals surface area contributed by atoms with Gasteiger partial charge in [0, 0.05) is 19.0 Å². The van der Waals surface area contributed by atoms with Crippen molar-refractivity contribution in [1.82, 2.24) is 4.98 Å². The molecule has 1 aromatic rings. The van der Waals surface area contributed by atoms with Gasteiger partial charge in [-0.25, -0.2) is 0 Å². The molecule has 0 fully saturated rings. The van der Waals surface area contributed by atoms with Crippen molar-refractivity contribution in [3.8, 4) is 6.07 Å². The smallest absolute Gasteiger partial charge is 0.0995 e. The fourth-order valence-corrected chi connectivity index (χ4v) is 0.856. The fourth-order valence-electron chi connectivity index (χ4n) is 0.856. The summed E-state index contributed by atoms with van der Waals surface area (Å²) in [7, 11) is 0. The highest BCUT2D eigenvalue weighted by Crippen LogP contribution is 2.04. The molecule has 56 valence electrons. The van der Waals surface area contributed by atoms with Gasteiger partial charge in [0.2, 0.25) is 0 Å². The first-order chi connectivity index (χ1) is 5.38. The third-order valence-corrected chi connectivity index (χ3v) is 1.41. The third kappa shape index (κ3) is 1.76. The number of aliphatic hydroxyl groups excluding tert-OH is 1. The molecule has 1 aromatic heterocycles. The summed E-state index contributed by atoms with van der Waals surface area (Å²) >= 11 is 0. The van der Waals surface area contributed by atoms with Gasteiger partial charge >= 0.3 is 0 Å². The zero-order chi connectivity index (χ0) is 8.10. The number of hydrogen-bond acceptors (Lipinski definition) is 3. The molecule has 0 aliphatic rings. The van der Waals surface area contributed by atoms with Crippen molar-refractivity contribution in [2.45, 2.75) is 6.42 Å². The average Bonchev–Trinajstić information content (AvgIpc) is 2.06. The van der Waals surface area contributed by atoms with Crippen LogP contribution in [0.3, 0.4) is 0 Å². The summed E-state index contributed by atoms with van der Waals surface area (Å²) < 4.78 is 0. The molecular weight excluding hydrogens is 140 g/mol. The monoisotopic (exact) mass is 148 g/mol. The van der Waals surface area contributed by atoms with Gasteiger partial charge in [-0.05, 0) is 18.1 Å². The van der Waals surface area contributed by atoms with Crippen LogP contribution in [0.2, 0.25) is 0 Å². The van der Waals surface area contributed by atoms with Crippen LogP contribution in [-0.2, 0) is 6.42 Å². The van der Waals surface area contributed by atoms with Gasteiger partial charge in [0.15, 0.2) is 0 Å². The Morgan fingerprint density at radius 1 is 1.64 bits per heavy atom. The van der Waals surface area contributed by atoms with Crippen molar-refractivity contribution in [2.75, 3.05) is 6.61 Å². The van der Waals surface area contributed by atoms with Gasteiger partial charge in [-0.1, -0.05) is 0 Å². The Morgan fingerprint density at radius 3 is 3.09 bits per heavy atom. The topological polar surface area (TPSA) is 56.9 Å². The normalized spacial score (nSPS) is 9.09. The molecule has 3 heteroatoms. The predicted molar refractivity (Wildman–Crippen MR) is 39.7 cm³/mol. The van der Waals surface area contributed by atoms with Crippen LogP contribution >= 0.6 is 0 Å². The lowest BCUT2D eigenvalue weighted by atomic mass is 10.1. The molecule has 0 bridgehead atoms. The van der Waals surface area contributed by atoms with Crippen molar-refractivity contribution >= 4 is 0 Å². The summed E-state index contributed by atoms with van der Waals surface area (Å²) in [6.07, 6.45) is 3.67. The maximum atomic E-state index is 8.60. The number of aromatic nitrogens is 1. The minimum atomic E-state index is 0.0559. The lowest BCUT2D eigenvalue weighted by Crippen LogP contribution is -1.94. The first kappa shape index (κ1) is 7.70. The van der Waals surface area contributed by atoms with E-state index < -0.39 is 0 Å². The molecule has 0 spiro atoms. The van der Waals surface area contributed by atoms with E-state index in [1.165, 1.54) is 0 Å². The summed E-state index contributed by atoms with van der Waals surface area (Å²) in [4.78, 5) is 3.85. The SMILES string of the molecule is N#Cc1ccncc1CCO. The Kier molecular flexibility index (Phi) is 2.59. The molecule has 1 N–H and O–H groups in total. The van der Waals surface area contributed by atoms with E-state index in [2.05, 4.69) is 4.98 Å². The van der Waals surface area contributed by atoms with Crippen LogP contribution in [0.5, 0.6) is 0 Å². The molecule has 0 unspecified atom stereocenters. The molecule has 0 aliphatic heterocycles. The molecule has 0 saturated carbocycles. The molecule has 11 heavy (non-hydrogen) atoms. The quantitative estimate of drug-likeness (QED) is 0.664. The lowest BCUT2D eigenvalue weighted by Gasteiger charge is -1.97. The van der Waals surface area contributed by atoms with Crippen LogP contribution in [0, 0.1) is 11.3 Å². The lowest BCUT2D eigenvalue weighted by molar-refractivity contribution is 0.299. The highest BCUT2D eigenvalue weighted by atomic mass is 16.2. The zero-order valence-corrected chi connectivity index (χ0v) is 5.99. The molecule has 0 aliphatic carbocycles. The molecule has 1 heterocycles. The molecule has 0 saturated heterocycles. The Hall–Kier alpha value is -1.40. The standard InChI is InChI=1S/C8H8N2O/c9-5-7-1-3-10-6-8(7)2-4-11/h1,3,6,11H,2,4H2. The fraction of sp³-hybridized carbons (Fsp3) is 0.250. The van der Waals surface area contributed by atoms with Gasteiger partial charge in [-0.3, -0.25) is 4.98 Å². The van der Waals surface area contributed by atoms with Crippen molar-refractivity contribution < 1.29 is 5.11 Å². The van der Waals surface area contributed by atoms with Gasteiger partial charge in [-0.2, -0.15) is 5.26 Å². The Labute approximate surface area is 64.9 Å². The van der Waals surface area contributed by atoms with Crippen LogP contribution < -0.4 is 0 Å². The second-order valence-corrected chi connectivity index (χ2v) is 2.12. The van der Waals surface area contributed by atoms with Gasteiger partial charge in [0.1, 0.15) is 0 Å². The van der Waals surface area contributed by atoms with Gasteiger partial charge in [0.05, 0.1) is 11.6 Å². The van der Waals surface area contributed by atoms with E-state index in [0.717, 1.165) is 5.56 Å². The molecule has 0 amide bonds. The second kappa shape index (κ2) is 3.69. The summed E-state index contributed by atoms with van der Waals surface area (Å²) in [5.41, 5.74) is 1.39. The van der Waals surface area contributed by atoms with E-state index >= 15 is 0 Å². The van der Waals surface area contributed by atoms with Crippen LogP contribution in [0.4, 0.5) is 0 Å². The zero-order valence-electron chi connectivity index (χ0n) is 5.99. The molecule has 1 rings (SSSR count). The summed E-state index contributed by atoms with van der Waals surface area (Å²) in [6, 6.07) is 3.67. The molecule has 0 aromatic carbocycles. The Bertz CT molecular complexity index is 278. The van der Waals surface area contributed by atoms with Crippen LogP contribution in [0.15, 0.2) is 18.5 Å². The van der Waals surface area contributed by atoms with Crippen molar-refractivity contribution in [1.29, 1.82) is 5.26 Å². The number of nitriles is 1. The van der Waals surface area contributed by atoms with E-state index in [1.54, 1.807) is 18.5 Å². The van der Waals surface area contributed by atoms with Crippen LogP contribution in [0.25, 0.3) is 0 Å². The Morgan fingerprint density at radius 2 is 2.45 bits per heavy atom. The van der Waals surface area contributed by atoms with E-state index in [9.17, 15) is 0 Å². The van der Waals surface area contributed by atoms with Crippen molar-refractivity contribution in [2.24, 2.45) is 0 Å². The minimum absolute atomic E-state index is 0.0559. The molecular formula is C8H8N2O. The van der Waals surface area contributed by atoms with E-state index in [-0.39, 0.29) is 6.61 Å². The number of aliphatic hydroxyl groups is 1. The molecule has 0 atom stereocenters. The van der Waals surface area contributed by atoms with E-state index in [0.29, 0.717) is 12.0 Å². The predicted octanol–water partition coefficient (Wildman–Crippen LogP) is 0.488. The maximum absolute atomic E-state index is 8.60. The van der Waals surface area contributed by atoms with Gasteiger partial charge in [0.25, 0.3) is 0 Å². The third-order valence-electron chi connectivity index (χ3n) is 1.41. The average molecular weight is 148 g/mol. The van der Waals surface area contributed by atoms with Gasteiger partial charge < -0.3 is 5.11 Å². The molecule has 0 radical (unpaired) electrons. The number of hydrogen-bond donors (Lipinski definition) is 1. The van der Waals surface area contributed by atoms with Gasteiger partial charge in [-0.15, -0.1) is 0 Å². The minimum Gasteiger partial charge on any atom is -0.396 e. The maximum Gasteiger partial charge on any atom is 0.0995 e. The first-order valence-electron chi connectivity index (χ1n) is 3.32. The second-order valence-electron chi connectivity index (χ2n) is 2.12. The first-order valence-corrected chi connectivity index (χ1v) is 3.32. The van der Waals surface area contributed by atoms with E-state index in [1.807, 2.05) is 6.07 Å². The molecule has 3 nitrogen and oxygen atoms in total. The van der Waals surface area contributed by atoms with Crippen molar-refractivity contribution in [3.05, 3.63) is 29.6 Å². The number of nitrogens with zero attached hydrogens (tertiary/aromatic N) is 2. The largest absolute Gasteiger partial charge is 0.396 e. The van der Waals surface area contributed by atoms with Crippen molar-refractivity contribution in [3.63, 3.8) is 0 Å². The van der Waals surface area contributed by atoms with Crippen LogP contribution in [-0.4, -0.2) is 16.7 Å². The summed E-state index contributed by atoms with van der Waals surface area (Å²) in [6.45, 7) is 0.0559. The van der Waals surface area contributed by atoms with Crippen LogP contribution in [0.1, 0.15) is 11.1 Å². The van der Waals surface area contributed by atoms with E-state index in [4.69, 9.17) is 10.4 Å².